The van der Waals surface area contributed by atoms with Crippen LogP contribution in [0.4, 0.5) is 13.6 Å². The maximum atomic E-state index is 12.7. The van der Waals surface area contributed by atoms with Gasteiger partial charge in [0.15, 0.2) is 6.61 Å². The molecule has 0 aromatic rings. The first-order chi connectivity index (χ1) is 8.62. The van der Waals surface area contributed by atoms with E-state index in [1.54, 1.807) is 0 Å². The summed E-state index contributed by atoms with van der Waals surface area (Å²) in [5, 5.41) is -2.31. The number of alkyl carbamates (subject to hydrolysis) is 1. The SMILES string of the molecule is O=C1CCC(NC(=O)OCC(F)(F)S(=O)(=O)O)CC1. The van der Waals surface area contributed by atoms with Crippen LogP contribution in [0.15, 0.2) is 0 Å². The minimum absolute atomic E-state index is 0.0596. The molecule has 0 aliphatic heterocycles. The normalized spacial score (nSPS) is 18.2. The molecule has 10 heteroatoms. The molecule has 1 rings (SSSR count). The predicted octanol–water partition coefficient (Wildman–Crippen LogP) is 0.705. The van der Waals surface area contributed by atoms with Crippen molar-refractivity contribution in [2.75, 3.05) is 6.61 Å². The highest BCUT2D eigenvalue weighted by molar-refractivity contribution is 7.86. The molecule has 1 fully saturated rings. The lowest BCUT2D eigenvalue weighted by Crippen LogP contribution is -2.41. The molecule has 0 aromatic heterocycles. The van der Waals surface area contributed by atoms with Gasteiger partial charge in [-0.2, -0.15) is 17.2 Å². The number of carbonyl (C=O) groups is 2. The summed E-state index contributed by atoms with van der Waals surface area (Å²) in [4.78, 5) is 22.1. The van der Waals surface area contributed by atoms with Gasteiger partial charge in [0.25, 0.3) is 0 Å². The van der Waals surface area contributed by atoms with E-state index >= 15 is 0 Å². The first-order valence-electron chi connectivity index (χ1n) is 5.41. The minimum atomic E-state index is -5.62. The summed E-state index contributed by atoms with van der Waals surface area (Å²) < 4.78 is 58.2. The van der Waals surface area contributed by atoms with Crippen LogP contribution in [0.25, 0.3) is 0 Å². The van der Waals surface area contributed by atoms with Crippen LogP contribution < -0.4 is 5.32 Å². The number of halogens is 2. The number of alkyl halides is 2. The van der Waals surface area contributed by atoms with Crippen LogP contribution in [0, 0.1) is 0 Å². The lowest BCUT2D eigenvalue weighted by Gasteiger charge is -2.22. The molecule has 0 unspecified atom stereocenters. The molecule has 1 amide bonds. The molecule has 1 aliphatic rings. The highest BCUT2D eigenvalue weighted by atomic mass is 32.2. The highest BCUT2D eigenvalue weighted by Gasteiger charge is 2.45. The summed E-state index contributed by atoms with van der Waals surface area (Å²) in [5.74, 6) is 0.0596. The molecule has 0 bridgehead atoms. The van der Waals surface area contributed by atoms with Crippen molar-refractivity contribution < 1.29 is 36.1 Å². The number of hydrogen-bond acceptors (Lipinski definition) is 5. The lowest BCUT2D eigenvalue weighted by atomic mass is 9.95. The van der Waals surface area contributed by atoms with E-state index in [1.165, 1.54) is 0 Å². The van der Waals surface area contributed by atoms with Gasteiger partial charge < -0.3 is 10.1 Å². The third-order valence-electron chi connectivity index (χ3n) is 2.61. The summed E-state index contributed by atoms with van der Waals surface area (Å²) >= 11 is 0. The fourth-order valence-electron chi connectivity index (χ4n) is 1.52. The zero-order valence-electron chi connectivity index (χ0n) is 9.77. The van der Waals surface area contributed by atoms with Gasteiger partial charge in [0.1, 0.15) is 5.78 Å². The van der Waals surface area contributed by atoms with Crippen LogP contribution >= 0.6 is 0 Å². The van der Waals surface area contributed by atoms with E-state index in [0.717, 1.165) is 0 Å². The van der Waals surface area contributed by atoms with E-state index in [2.05, 4.69) is 10.1 Å². The Labute approximate surface area is 108 Å². The largest absolute Gasteiger partial charge is 0.442 e. The quantitative estimate of drug-likeness (QED) is 0.740. The average Bonchev–Trinajstić information content (AvgIpc) is 2.28. The van der Waals surface area contributed by atoms with E-state index < -0.39 is 28.1 Å². The van der Waals surface area contributed by atoms with Crippen LogP contribution in [0.2, 0.25) is 0 Å². The topological polar surface area (TPSA) is 110 Å². The lowest BCUT2D eigenvalue weighted by molar-refractivity contribution is -0.120. The monoisotopic (exact) mass is 301 g/mol. The Balaban J connectivity index is 2.38. The fourth-order valence-corrected chi connectivity index (χ4v) is 1.72. The Bertz CT molecular complexity index is 453. The summed E-state index contributed by atoms with van der Waals surface area (Å²) in [6, 6.07) is -0.371. The number of Topliss-reactive ketones (excluding diaryl/α,β-unsaturated/α-hetero) is 1. The second-order valence-electron chi connectivity index (χ2n) is 4.15. The Morgan fingerprint density at radius 2 is 1.95 bits per heavy atom. The van der Waals surface area contributed by atoms with Gasteiger partial charge in [0.2, 0.25) is 0 Å². The van der Waals surface area contributed by atoms with Crippen molar-refractivity contribution in [1.82, 2.24) is 5.32 Å². The summed E-state index contributed by atoms with van der Waals surface area (Å²) in [6.07, 6.45) is 0.103. The zero-order chi connectivity index (χ0) is 14.7. The van der Waals surface area contributed by atoms with Crippen LogP contribution in [-0.2, 0) is 19.6 Å². The van der Waals surface area contributed by atoms with Gasteiger partial charge in [-0.25, -0.2) is 4.79 Å². The average molecular weight is 301 g/mol. The molecule has 0 aromatic carbocycles. The van der Waals surface area contributed by atoms with Gasteiger partial charge in [-0.1, -0.05) is 0 Å². The van der Waals surface area contributed by atoms with Crippen LogP contribution in [0.1, 0.15) is 25.7 Å². The second kappa shape index (κ2) is 5.78. The van der Waals surface area contributed by atoms with Crippen molar-refractivity contribution in [2.45, 2.75) is 37.0 Å². The number of ether oxygens (including phenoxy) is 1. The molecule has 0 atom stereocenters. The van der Waals surface area contributed by atoms with Crippen LogP contribution in [-0.4, -0.2) is 42.8 Å². The van der Waals surface area contributed by atoms with E-state index in [0.29, 0.717) is 12.8 Å². The zero-order valence-corrected chi connectivity index (χ0v) is 10.6. The molecule has 2 N–H and O–H groups in total. The van der Waals surface area contributed by atoms with E-state index in [1.807, 2.05) is 0 Å². The van der Waals surface area contributed by atoms with Gasteiger partial charge in [0.05, 0.1) is 0 Å². The fraction of sp³-hybridized carbons (Fsp3) is 0.778. The molecule has 0 radical (unpaired) electrons. The number of hydrogen-bond donors (Lipinski definition) is 2. The first kappa shape index (κ1) is 15.8. The minimum Gasteiger partial charge on any atom is -0.442 e. The number of ketones is 1. The van der Waals surface area contributed by atoms with E-state index in [4.69, 9.17) is 4.55 Å². The molecule has 19 heavy (non-hydrogen) atoms. The molecule has 0 spiro atoms. The number of carbonyl (C=O) groups excluding carboxylic acids is 2. The van der Waals surface area contributed by atoms with E-state index in [-0.39, 0.29) is 24.7 Å². The molecular formula is C9H13F2NO6S. The maximum Gasteiger partial charge on any atom is 0.407 e. The van der Waals surface area contributed by atoms with Gasteiger partial charge in [-0.15, -0.1) is 0 Å². The second-order valence-corrected chi connectivity index (χ2v) is 5.69. The summed E-state index contributed by atoms with van der Waals surface area (Å²) in [5.41, 5.74) is 0. The predicted molar refractivity (Wildman–Crippen MR) is 58.2 cm³/mol. The molecule has 1 aliphatic carbocycles. The van der Waals surface area contributed by atoms with Crippen molar-refractivity contribution in [3.05, 3.63) is 0 Å². The third-order valence-corrected chi connectivity index (χ3v) is 3.49. The van der Waals surface area contributed by atoms with Crippen molar-refractivity contribution in [1.29, 1.82) is 0 Å². The molecule has 7 nitrogen and oxygen atoms in total. The molecular weight excluding hydrogens is 288 g/mol. The Morgan fingerprint density at radius 1 is 1.42 bits per heavy atom. The number of amides is 1. The standard InChI is InChI=1S/C9H13F2NO6S/c10-9(11,19(15,16)17)5-18-8(14)12-6-1-3-7(13)4-2-6/h6H,1-5H2,(H,12,14)(H,15,16,17). The Morgan fingerprint density at radius 3 is 2.42 bits per heavy atom. The van der Waals surface area contributed by atoms with E-state index in [9.17, 15) is 26.8 Å². The summed E-state index contributed by atoms with van der Waals surface area (Å²) in [6.45, 7) is -1.77. The molecule has 0 heterocycles. The van der Waals surface area contributed by atoms with Crippen molar-refractivity contribution in [3.8, 4) is 0 Å². The third kappa shape index (κ3) is 4.71. The van der Waals surface area contributed by atoms with Crippen LogP contribution in [0.5, 0.6) is 0 Å². The smallest absolute Gasteiger partial charge is 0.407 e. The van der Waals surface area contributed by atoms with Gasteiger partial charge in [-0.05, 0) is 12.8 Å². The van der Waals surface area contributed by atoms with Gasteiger partial charge in [0, 0.05) is 18.9 Å². The van der Waals surface area contributed by atoms with Crippen LogP contribution in [0.3, 0.4) is 0 Å². The van der Waals surface area contributed by atoms with Crippen molar-refractivity contribution in [2.24, 2.45) is 0 Å². The maximum absolute atomic E-state index is 12.7. The van der Waals surface area contributed by atoms with Crippen molar-refractivity contribution in [3.63, 3.8) is 0 Å². The Kier molecular flexibility index (Phi) is 4.80. The van der Waals surface area contributed by atoms with Gasteiger partial charge >= 0.3 is 21.5 Å². The molecule has 110 valence electrons. The first-order valence-corrected chi connectivity index (χ1v) is 6.85. The highest BCUT2D eigenvalue weighted by Crippen LogP contribution is 2.21. The Hall–Kier alpha value is -1.29. The molecule has 0 saturated heterocycles. The number of nitrogens with one attached hydrogen (secondary N) is 1. The number of rotatable bonds is 4. The summed E-state index contributed by atoms with van der Waals surface area (Å²) in [7, 11) is -5.62. The van der Waals surface area contributed by atoms with Gasteiger partial charge in [-0.3, -0.25) is 9.35 Å². The molecule has 1 saturated carbocycles. The van der Waals surface area contributed by atoms with Crippen molar-refractivity contribution >= 4 is 22.0 Å².